The molecule has 0 bridgehead atoms. The van der Waals surface area contributed by atoms with Crippen LogP contribution in [0.4, 0.5) is 0 Å². The third-order valence-electron chi connectivity index (χ3n) is 6.31. The third kappa shape index (κ3) is 2.92. The van der Waals surface area contributed by atoms with Gasteiger partial charge < -0.3 is 20.3 Å². The van der Waals surface area contributed by atoms with E-state index in [4.69, 9.17) is 20.2 Å². The van der Waals surface area contributed by atoms with E-state index in [0.29, 0.717) is 24.3 Å². The van der Waals surface area contributed by atoms with E-state index in [1.807, 2.05) is 36.4 Å². The Morgan fingerprint density at radius 1 is 0.969 bits per heavy atom. The van der Waals surface area contributed by atoms with Gasteiger partial charge in [0.05, 0.1) is 0 Å². The molecule has 0 radical (unpaired) electrons. The molecule has 1 aliphatic carbocycles. The molecule has 0 amide bonds. The van der Waals surface area contributed by atoms with Crippen LogP contribution < -0.4 is 10.5 Å². The normalized spacial score (nSPS) is 21.7. The largest absolute Gasteiger partial charge is 0.462 e. The van der Waals surface area contributed by atoms with Gasteiger partial charge in [-0.3, -0.25) is 0 Å². The van der Waals surface area contributed by atoms with E-state index in [1.165, 1.54) is 6.33 Å². The lowest BCUT2D eigenvalue weighted by Crippen LogP contribution is -2.34. The van der Waals surface area contributed by atoms with Gasteiger partial charge in [-0.2, -0.15) is 0 Å². The second-order valence-electron chi connectivity index (χ2n) is 8.39. The SMILES string of the molecule is NC1=N[C@]2(CO1)c1cc(C#CC3(O)CCC3)ccc1Oc1ccc(-c3cncnc3)cc12. The summed E-state index contributed by atoms with van der Waals surface area (Å²) in [5, 5.41) is 10.4. The van der Waals surface area contributed by atoms with E-state index >= 15 is 0 Å². The molecule has 3 aliphatic rings. The highest BCUT2D eigenvalue weighted by Gasteiger charge is 2.47. The topological polar surface area (TPSA) is 103 Å². The Morgan fingerprint density at radius 3 is 2.41 bits per heavy atom. The zero-order valence-corrected chi connectivity index (χ0v) is 17.2. The van der Waals surface area contributed by atoms with E-state index in [0.717, 1.165) is 34.2 Å². The number of nitrogens with two attached hydrogens (primary N) is 1. The maximum absolute atomic E-state index is 10.4. The van der Waals surface area contributed by atoms with Gasteiger partial charge in [0.15, 0.2) is 5.54 Å². The molecule has 3 aromatic rings. The van der Waals surface area contributed by atoms with Gasteiger partial charge in [-0.1, -0.05) is 17.9 Å². The minimum atomic E-state index is -0.873. The van der Waals surface area contributed by atoms with Crippen molar-refractivity contribution in [3.63, 3.8) is 0 Å². The Bertz CT molecular complexity index is 1320. The summed E-state index contributed by atoms with van der Waals surface area (Å²) in [7, 11) is 0. The zero-order chi connectivity index (χ0) is 21.8. The molecule has 3 heterocycles. The molecule has 1 spiro atoms. The summed E-state index contributed by atoms with van der Waals surface area (Å²) >= 11 is 0. The summed E-state index contributed by atoms with van der Waals surface area (Å²) in [6, 6.07) is 11.8. The van der Waals surface area contributed by atoms with Crippen LogP contribution >= 0.6 is 0 Å². The number of aromatic nitrogens is 2. The molecule has 1 aromatic heterocycles. The van der Waals surface area contributed by atoms with Crippen LogP contribution in [0.2, 0.25) is 0 Å². The highest BCUT2D eigenvalue weighted by Crippen LogP contribution is 2.51. The van der Waals surface area contributed by atoms with Crippen molar-refractivity contribution in [2.45, 2.75) is 30.4 Å². The van der Waals surface area contributed by atoms with Crippen molar-refractivity contribution in [2.75, 3.05) is 6.61 Å². The van der Waals surface area contributed by atoms with Crippen molar-refractivity contribution in [1.29, 1.82) is 0 Å². The van der Waals surface area contributed by atoms with E-state index in [9.17, 15) is 5.11 Å². The molecule has 2 aliphatic heterocycles. The van der Waals surface area contributed by atoms with Gasteiger partial charge in [0.2, 0.25) is 0 Å². The summed E-state index contributed by atoms with van der Waals surface area (Å²) < 4.78 is 11.9. The predicted molar refractivity (Wildman–Crippen MR) is 118 cm³/mol. The van der Waals surface area contributed by atoms with Crippen molar-refractivity contribution in [3.05, 3.63) is 71.8 Å². The summed E-state index contributed by atoms with van der Waals surface area (Å²) in [5.74, 6) is 7.52. The number of nitrogens with zero attached hydrogens (tertiary/aromatic N) is 3. The first-order valence-electron chi connectivity index (χ1n) is 10.5. The van der Waals surface area contributed by atoms with Crippen LogP contribution in [0.5, 0.6) is 11.5 Å². The molecule has 6 rings (SSSR count). The molecule has 1 saturated carbocycles. The Kier molecular flexibility index (Phi) is 4.01. The van der Waals surface area contributed by atoms with Crippen molar-refractivity contribution in [3.8, 4) is 34.5 Å². The van der Waals surface area contributed by atoms with Crippen LogP contribution in [0.1, 0.15) is 36.0 Å². The van der Waals surface area contributed by atoms with E-state index < -0.39 is 11.1 Å². The Labute approximate surface area is 185 Å². The summed E-state index contributed by atoms with van der Waals surface area (Å²) in [6.45, 7) is 0.262. The smallest absolute Gasteiger partial charge is 0.283 e. The van der Waals surface area contributed by atoms with Gasteiger partial charge in [0.25, 0.3) is 6.02 Å². The number of ether oxygens (including phenoxy) is 2. The van der Waals surface area contributed by atoms with Crippen LogP contribution in [0.25, 0.3) is 11.1 Å². The molecule has 7 nitrogen and oxygen atoms in total. The van der Waals surface area contributed by atoms with Gasteiger partial charge in [-0.15, -0.1) is 0 Å². The lowest BCUT2D eigenvalue weighted by atomic mass is 9.79. The number of amidine groups is 1. The first-order valence-corrected chi connectivity index (χ1v) is 10.5. The minimum absolute atomic E-state index is 0.137. The molecular weight excluding hydrogens is 404 g/mol. The standard InChI is InChI=1S/C25H20N4O3/c26-23-29-25(14-31-23)19-10-16(6-9-24(30)7-1-8-24)2-4-21(19)32-22-5-3-17(11-20(22)25)18-12-27-15-28-13-18/h2-5,10-13,15,30H,1,7-8,14H2,(H2,26,29)/t25-/m1/s1. The fraction of sp³-hybridized carbons (Fsp3) is 0.240. The molecule has 0 unspecified atom stereocenters. The lowest BCUT2D eigenvalue weighted by Gasteiger charge is -2.34. The average Bonchev–Trinajstić information content (AvgIpc) is 3.19. The molecule has 32 heavy (non-hydrogen) atoms. The first-order chi connectivity index (χ1) is 15.5. The maximum atomic E-state index is 10.4. The number of fused-ring (bicyclic) bond motifs is 4. The predicted octanol–water partition coefficient (Wildman–Crippen LogP) is 3.10. The Morgan fingerprint density at radius 2 is 1.72 bits per heavy atom. The Balaban J connectivity index is 1.49. The lowest BCUT2D eigenvalue weighted by molar-refractivity contribution is 0.0240. The molecule has 7 heteroatoms. The fourth-order valence-corrected chi connectivity index (χ4v) is 4.39. The van der Waals surface area contributed by atoms with Crippen molar-refractivity contribution in [2.24, 2.45) is 10.7 Å². The van der Waals surface area contributed by atoms with Gasteiger partial charge in [0.1, 0.15) is 30.0 Å². The average molecular weight is 424 g/mol. The van der Waals surface area contributed by atoms with E-state index in [1.54, 1.807) is 12.4 Å². The number of aliphatic imine (C=N–C) groups is 1. The first kappa shape index (κ1) is 18.8. The zero-order valence-electron chi connectivity index (χ0n) is 17.2. The Hall–Kier alpha value is -3.89. The van der Waals surface area contributed by atoms with Crippen LogP contribution in [0, 0.1) is 11.8 Å². The number of rotatable bonds is 1. The quantitative estimate of drug-likeness (QED) is 0.582. The summed E-state index contributed by atoms with van der Waals surface area (Å²) in [4.78, 5) is 13.0. The second-order valence-corrected chi connectivity index (χ2v) is 8.39. The van der Waals surface area contributed by atoms with Crippen LogP contribution in [-0.4, -0.2) is 33.3 Å². The van der Waals surface area contributed by atoms with Crippen LogP contribution in [0.15, 0.2) is 60.1 Å². The summed E-state index contributed by atoms with van der Waals surface area (Å²) in [6.07, 6.45) is 7.46. The molecular formula is C25H20N4O3. The molecule has 0 saturated heterocycles. The van der Waals surface area contributed by atoms with Crippen LogP contribution in [0.3, 0.4) is 0 Å². The number of aliphatic hydroxyl groups is 1. The highest BCUT2D eigenvalue weighted by atomic mass is 16.5. The maximum Gasteiger partial charge on any atom is 0.283 e. The molecule has 1 atom stereocenters. The van der Waals surface area contributed by atoms with E-state index in [-0.39, 0.29) is 12.6 Å². The van der Waals surface area contributed by atoms with Crippen LogP contribution in [-0.2, 0) is 10.3 Å². The molecule has 3 N–H and O–H groups in total. The van der Waals surface area contributed by atoms with Crippen molar-refractivity contribution >= 4 is 6.02 Å². The van der Waals surface area contributed by atoms with E-state index in [2.05, 4.69) is 21.8 Å². The molecule has 158 valence electrons. The minimum Gasteiger partial charge on any atom is -0.462 e. The van der Waals surface area contributed by atoms with Gasteiger partial charge in [-0.25, -0.2) is 15.0 Å². The number of hydrogen-bond acceptors (Lipinski definition) is 7. The van der Waals surface area contributed by atoms with Gasteiger partial charge in [0, 0.05) is 34.6 Å². The number of hydrogen-bond donors (Lipinski definition) is 2. The van der Waals surface area contributed by atoms with Crippen molar-refractivity contribution < 1.29 is 14.6 Å². The van der Waals surface area contributed by atoms with Gasteiger partial charge >= 0.3 is 0 Å². The second kappa shape index (κ2) is 6.81. The molecule has 2 aromatic carbocycles. The fourth-order valence-electron chi connectivity index (χ4n) is 4.39. The summed E-state index contributed by atoms with van der Waals surface area (Å²) in [5.41, 5.74) is 8.58. The van der Waals surface area contributed by atoms with Crippen molar-refractivity contribution in [1.82, 2.24) is 9.97 Å². The highest BCUT2D eigenvalue weighted by molar-refractivity contribution is 5.78. The molecule has 1 fully saturated rings. The number of benzene rings is 2. The third-order valence-corrected chi connectivity index (χ3v) is 6.31. The monoisotopic (exact) mass is 424 g/mol. The van der Waals surface area contributed by atoms with Gasteiger partial charge in [-0.05, 0) is 55.2 Å².